The molecule has 1 amide bonds. The lowest BCUT2D eigenvalue weighted by atomic mass is 9.83. The summed E-state index contributed by atoms with van der Waals surface area (Å²) in [7, 11) is 0. The van der Waals surface area contributed by atoms with Crippen LogP contribution in [0.2, 0.25) is 0 Å². The molecule has 1 aromatic carbocycles. The summed E-state index contributed by atoms with van der Waals surface area (Å²) in [5, 5.41) is 3.35. The fraction of sp³-hybridized carbons (Fsp3) is 0.455. The van der Waals surface area contributed by atoms with Crippen molar-refractivity contribution in [3.05, 3.63) is 51.8 Å². The van der Waals surface area contributed by atoms with Crippen LogP contribution >= 0.6 is 22.7 Å². The number of rotatable bonds is 4. The fourth-order valence-corrected chi connectivity index (χ4v) is 6.51. The summed E-state index contributed by atoms with van der Waals surface area (Å²) in [6.45, 7) is 4.14. The van der Waals surface area contributed by atoms with Gasteiger partial charge in [0.05, 0.1) is 17.6 Å². The van der Waals surface area contributed by atoms with E-state index in [-0.39, 0.29) is 5.91 Å². The van der Waals surface area contributed by atoms with Gasteiger partial charge < -0.3 is 4.90 Å². The van der Waals surface area contributed by atoms with Gasteiger partial charge in [0, 0.05) is 47.2 Å². The van der Waals surface area contributed by atoms with E-state index in [2.05, 4.69) is 45.1 Å². The Labute approximate surface area is 173 Å². The Morgan fingerprint density at radius 3 is 3.00 bits per heavy atom. The van der Waals surface area contributed by atoms with E-state index < -0.39 is 0 Å². The van der Waals surface area contributed by atoms with Gasteiger partial charge in [-0.2, -0.15) is 0 Å². The van der Waals surface area contributed by atoms with E-state index in [9.17, 15) is 4.79 Å². The highest BCUT2D eigenvalue weighted by Gasteiger charge is 2.38. The number of carbonyl (C=O) groups excluding carboxylic acids is 1. The van der Waals surface area contributed by atoms with Crippen molar-refractivity contribution < 1.29 is 4.79 Å². The highest BCUT2D eigenvalue weighted by molar-refractivity contribution is 7.19. The topological polar surface area (TPSA) is 36.4 Å². The number of thiophene rings is 1. The monoisotopic (exact) mass is 411 g/mol. The zero-order chi connectivity index (χ0) is 18.9. The number of hydrogen-bond acceptors (Lipinski definition) is 5. The summed E-state index contributed by atoms with van der Waals surface area (Å²) in [5.74, 6) is 0.870. The van der Waals surface area contributed by atoms with Crippen LogP contribution in [0.3, 0.4) is 0 Å². The van der Waals surface area contributed by atoms with Crippen LogP contribution in [-0.2, 0) is 17.8 Å². The normalized spacial score (nSPS) is 23.1. The number of amides is 1. The largest absolute Gasteiger partial charge is 0.339 e. The van der Waals surface area contributed by atoms with E-state index in [1.807, 2.05) is 22.2 Å². The van der Waals surface area contributed by atoms with Gasteiger partial charge in [0.1, 0.15) is 0 Å². The summed E-state index contributed by atoms with van der Waals surface area (Å²) in [5.41, 5.74) is 2.73. The Hall–Kier alpha value is -1.76. The molecule has 3 aromatic rings. The first kappa shape index (κ1) is 18.3. The number of benzene rings is 1. The second-order valence-corrected chi connectivity index (χ2v) is 9.87. The quantitative estimate of drug-likeness (QED) is 0.638. The third-order valence-corrected chi connectivity index (χ3v) is 7.88. The van der Waals surface area contributed by atoms with E-state index in [4.69, 9.17) is 0 Å². The molecule has 0 N–H and O–H groups in total. The Balaban J connectivity index is 1.23. The number of carbonyl (C=O) groups is 1. The highest BCUT2D eigenvalue weighted by Crippen LogP contribution is 2.33. The van der Waals surface area contributed by atoms with Crippen LogP contribution in [0.5, 0.6) is 0 Å². The van der Waals surface area contributed by atoms with Crippen molar-refractivity contribution in [1.29, 1.82) is 0 Å². The van der Waals surface area contributed by atoms with Crippen molar-refractivity contribution in [2.45, 2.75) is 38.3 Å². The summed E-state index contributed by atoms with van der Waals surface area (Å²) in [6, 6.07) is 11.4. The standard InChI is InChI=1S/C22H25N3OS2/c26-22(11-18-14-27-15-23-18)25-8-3-5-17-12-24(9-7-20(17)25)13-19-10-16-4-1-2-6-21(16)28-19/h1-2,4,6,10,14-15,17,20H,3,5,7-9,11-13H2/t17-,20+/m1/s1. The minimum absolute atomic E-state index is 0.263. The van der Waals surface area contributed by atoms with Crippen LogP contribution in [0.4, 0.5) is 0 Å². The van der Waals surface area contributed by atoms with Crippen LogP contribution in [0.15, 0.2) is 41.2 Å². The van der Waals surface area contributed by atoms with Gasteiger partial charge in [-0.3, -0.25) is 9.69 Å². The molecule has 0 aliphatic carbocycles. The van der Waals surface area contributed by atoms with Crippen molar-refractivity contribution in [2.75, 3.05) is 19.6 Å². The van der Waals surface area contributed by atoms with Gasteiger partial charge in [-0.05, 0) is 42.7 Å². The summed E-state index contributed by atoms with van der Waals surface area (Å²) in [6.07, 6.45) is 3.92. The van der Waals surface area contributed by atoms with E-state index >= 15 is 0 Å². The minimum atomic E-state index is 0.263. The Morgan fingerprint density at radius 1 is 1.21 bits per heavy atom. The lowest BCUT2D eigenvalue weighted by molar-refractivity contribution is -0.137. The molecular weight excluding hydrogens is 386 g/mol. The first-order valence-corrected chi connectivity index (χ1v) is 11.9. The molecule has 2 aliphatic heterocycles. The maximum Gasteiger partial charge on any atom is 0.228 e. The fourth-order valence-electron chi connectivity index (χ4n) is 4.85. The average Bonchev–Trinajstić information content (AvgIpc) is 3.36. The average molecular weight is 412 g/mol. The van der Waals surface area contributed by atoms with Crippen LogP contribution in [-0.4, -0.2) is 46.4 Å². The van der Waals surface area contributed by atoms with Crippen molar-refractivity contribution >= 4 is 38.7 Å². The molecule has 0 spiro atoms. The number of aromatic nitrogens is 1. The molecule has 146 valence electrons. The molecule has 2 aliphatic rings. The summed E-state index contributed by atoms with van der Waals surface area (Å²) >= 11 is 3.48. The van der Waals surface area contributed by atoms with Crippen LogP contribution < -0.4 is 0 Å². The lowest BCUT2D eigenvalue weighted by Gasteiger charge is -2.47. The Kier molecular flexibility index (Phi) is 5.18. The number of hydrogen-bond donors (Lipinski definition) is 0. The van der Waals surface area contributed by atoms with E-state index in [1.54, 1.807) is 11.3 Å². The van der Waals surface area contributed by atoms with Gasteiger partial charge in [0.2, 0.25) is 5.91 Å². The summed E-state index contributed by atoms with van der Waals surface area (Å²) in [4.78, 5) is 23.4. The predicted octanol–water partition coefficient (Wildman–Crippen LogP) is 4.41. The first-order valence-electron chi connectivity index (χ1n) is 10.1. The van der Waals surface area contributed by atoms with Crippen LogP contribution in [0.1, 0.15) is 29.8 Å². The lowest BCUT2D eigenvalue weighted by Crippen LogP contribution is -2.55. The minimum Gasteiger partial charge on any atom is -0.339 e. The maximum atomic E-state index is 12.9. The van der Waals surface area contributed by atoms with Gasteiger partial charge in [0.25, 0.3) is 0 Å². The number of thiazole rings is 1. The highest BCUT2D eigenvalue weighted by atomic mass is 32.1. The smallest absolute Gasteiger partial charge is 0.228 e. The second kappa shape index (κ2) is 7.93. The van der Waals surface area contributed by atoms with Gasteiger partial charge in [-0.25, -0.2) is 4.98 Å². The molecule has 2 atom stereocenters. The molecule has 2 fully saturated rings. The molecule has 5 rings (SSSR count). The van der Waals surface area contributed by atoms with Crippen molar-refractivity contribution in [1.82, 2.24) is 14.8 Å². The molecule has 0 saturated carbocycles. The molecule has 2 saturated heterocycles. The zero-order valence-corrected chi connectivity index (χ0v) is 17.6. The Bertz CT molecular complexity index is 919. The molecule has 0 bridgehead atoms. The predicted molar refractivity (Wildman–Crippen MR) is 116 cm³/mol. The van der Waals surface area contributed by atoms with Gasteiger partial charge in [-0.15, -0.1) is 22.7 Å². The van der Waals surface area contributed by atoms with Crippen LogP contribution in [0.25, 0.3) is 10.1 Å². The van der Waals surface area contributed by atoms with Crippen molar-refractivity contribution in [2.24, 2.45) is 5.92 Å². The second-order valence-electron chi connectivity index (χ2n) is 7.99. The molecule has 2 aromatic heterocycles. The molecule has 4 heterocycles. The first-order chi connectivity index (χ1) is 13.8. The van der Waals surface area contributed by atoms with Crippen molar-refractivity contribution in [3.63, 3.8) is 0 Å². The van der Waals surface area contributed by atoms with Gasteiger partial charge in [-0.1, -0.05) is 18.2 Å². The molecule has 0 unspecified atom stereocenters. The molecule has 4 nitrogen and oxygen atoms in total. The van der Waals surface area contributed by atoms with Gasteiger partial charge in [0.15, 0.2) is 0 Å². The molecule has 0 radical (unpaired) electrons. The number of nitrogens with zero attached hydrogens (tertiary/aromatic N) is 3. The third-order valence-electron chi connectivity index (χ3n) is 6.14. The third kappa shape index (κ3) is 3.73. The molecular formula is C22H25N3OS2. The number of fused-ring (bicyclic) bond motifs is 2. The van der Waals surface area contributed by atoms with E-state index in [0.29, 0.717) is 18.4 Å². The van der Waals surface area contributed by atoms with Crippen molar-refractivity contribution in [3.8, 4) is 0 Å². The van der Waals surface area contributed by atoms with E-state index in [0.717, 1.165) is 44.7 Å². The SMILES string of the molecule is O=C(Cc1cscn1)N1CCC[C@@H]2CN(Cc3cc4ccccc4s3)CC[C@@H]21. The Morgan fingerprint density at radius 2 is 2.14 bits per heavy atom. The number of piperidine rings is 2. The molecule has 6 heteroatoms. The van der Waals surface area contributed by atoms with Gasteiger partial charge >= 0.3 is 0 Å². The number of likely N-dealkylation sites (tertiary alicyclic amines) is 2. The van der Waals surface area contributed by atoms with E-state index in [1.165, 1.54) is 21.4 Å². The van der Waals surface area contributed by atoms with Crippen LogP contribution in [0, 0.1) is 5.92 Å². The molecule has 28 heavy (non-hydrogen) atoms. The summed E-state index contributed by atoms with van der Waals surface area (Å²) < 4.78 is 1.38. The zero-order valence-electron chi connectivity index (χ0n) is 15.9. The maximum absolute atomic E-state index is 12.9.